The molecule has 7 nitrogen and oxygen atoms in total. The molecule has 1 amide bonds. The van der Waals surface area contributed by atoms with Crippen LogP contribution in [-0.4, -0.2) is 35.4 Å². The zero-order chi connectivity index (χ0) is 21.7. The van der Waals surface area contributed by atoms with Crippen LogP contribution in [0.5, 0.6) is 11.5 Å². The molecule has 0 fully saturated rings. The first-order valence-electron chi connectivity index (χ1n) is 8.92. The smallest absolute Gasteiger partial charge is 0.262 e. The van der Waals surface area contributed by atoms with E-state index in [1.165, 1.54) is 11.7 Å². The largest absolute Gasteiger partial charge is 0.493 e. The van der Waals surface area contributed by atoms with E-state index in [2.05, 4.69) is 16.9 Å². The number of hydrogen-bond donors (Lipinski definition) is 1. The molecular formula is C21H20ClN3O4S. The van der Waals surface area contributed by atoms with Crippen LogP contribution in [0, 0.1) is 0 Å². The number of hydrogen-bond acceptors (Lipinski definition) is 6. The van der Waals surface area contributed by atoms with Crippen LogP contribution >= 0.6 is 23.4 Å². The van der Waals surface area contributed by atoms with Gasteiger partial charge >= 0.3 is 0 Å². The SMILES string of the molecule is C=CCn1c(SCC(=O)Nc2ccc(OC)c(OC)c2)nc2cc(Cl)ccc2c1=O. The minimum absolute atomic E-state index is 0.0595. The van der Waals surface area contributed by atoms with Crippen molar-refractivity contribution in [1.29, 1.82) is 0 Å². The highest BCUT2D eigenvalue weighted by Gasteiger charge is 2.14. The molecule has 3 aromatic rings. The molecule has 0 atom stereocenters. The number of nitrogens with one attached hydrogen (secondary N) is 1. The number of benzene rings is 2. The molecule has 0 aliphatic heterocycles. The number of aromatic nitrogens is 2. The molecule has 156 valence electrons. The van der Waals surface area contributed by atoms with Crippen LogP contribution in [0.1, 0.15) is 0 Å². The van der Waals surface area contributed by atoms with Gasteiger partial charge in [-0.2, -0.15) is 0 Å². The normalized spacial score (nSPS) is 10.6. The van der Waals surface area contributed by atoms with Crippen molar-refractivity contribution in [3.63, 3.8) is 0 Å². The number of anilines is 1. The number of ether oxygens (including phenoxy) is 2. The van der Waals surface area contributed by atoms with Crippen molar-refractivity contribution in [3.8, 4) is 11.5 Å². The summed E-state index contributed by atoms with van der Waals surface area (Å²) in [6.45, 7) is 3.98. The Kier molecular flexibility index (Phi) is 7.02. The Bertz CT molecular complexity index is 1160. The first-order chi connectivity index (χ1) is 14.5. The third-order valence-electron chi connectivity index (χ3n) is 4.19. The van der Waals surface area contributed by atoms with Crippen molar-refractivity contribution < 1.29 is 14.3 Å². The Labute approximate surface area is 182 Å². The van der Waals surface area contributed by atoms with Crippen LogP contribution in [-0.2, 0) is 11.3 Å². The first kappa shape index (κ1) is 21.7. The van der Waals surface area contributed by atoms with Gasteiger partial charge in [-0.15, -0.1) is 6.58 Å². The molecule has 0 saturated heterocycles. The average Bonchev–Trinajstić information content (AvgIpc) is 2.74. The van der Waals surface area contributed by atoms with E-state index in [0.29, 0.717) is 38.3 Å². The van der Waals surface area contributed by atoms with Gasteiger partial charge in [-0.3, -0.25) is 14.2 Å². The molecule has 3 rings (SSSR count). The molecule has 0 bridgehead atoms. The van der Waals surface area contributed by atoms with Crippen molar-refractivity contribution in [2.24, 2.45) is 0 Å². The minimum atomic E-state index is -0.252. The molecule has 0 saturated carbocycles. The van der Waals surface area contributed by atoms with Crippen LogP contribution in [0.4, 0.5) is 5.69 Å². The van der Waals surface area contributed by atoms with Gasteiger partial charge in [0.2, 0.25) is 5.91 Å². The van der Waals surface area contributed by atoms with Gasteiger partial charge in [0.15, 0.2) is 16.7 Å². The molecule has 0 radical (unpaired) electrons. The molecule has 0 unspecified atom stereocenters. The van der Waals surface area contributed by atoms with E-state index < -0.39 is 0 Å². The second kappa shape index (κ2) is 9.69. The van der Waals surface area contributed by atoms with Crippen molar-refractivity contribution in [3.05, 3.63) is 64.4 Å². The number of carbonyl (C=O) groups excluding carboxylic acids is 1. The van der Waals surface area contributed by atoms with Crippen molar-refractivity contribution in [2.45, 2.75) is 11.7 Å². The Morgan fingerprint density at radius 1 is 1.23 bits per heavy atom. The summed E-state index contributed by atoms with van der Waals surface area (Å²) in [5, 5.41) is 4.16. The van der Waals surface area contributed by atoms with Crippen molar-refractivity contribution in [1.82, 2.24) is 9.55 Å². The van der Waals surface area contributed by atoms with Crippen LogP contribution in [0.2, 0.25) is 5.02 Å². The quantitative estimate of drug-likeness (QED) is 0.321. The number of amides is 1. The molecule has 9 heteroatoms. The minimum Gasteiger partial charge on any atom is -0.493 e. The molecule has 0 spiro atoms. The van der Waals surface area contributed by atoms with Gasteiger partial charge < -0.3 is 14.8 Å². The van der Waals surface area contributed by atoms with Gasteiger partial charge in [0.1, 0.15) is 0 Å². The molecule has 1 N–H and O–H groups in total. The number of rotatable bonds is 8. The lowest BCUT2D eigenvalue weighted by Gasteiger charge is -2.12. The third-order valence-corrected chi connectivity index (χ3v) is 5.41. The predicted molar refractivity (Wildman–Crippen MR) is 120 cm³/mol. The summed E-state index contributed by atoms with van der Waals surface area (Å²) < 4.78 is 11.9. The van der Waals surface area contributed by atoms with E-state index in [1.54, 1.807) is 49.6 Å². The summed E-state index contributed by atoms with van der Waals surface area (Å²) in [6, 6.07) is 10.0. The Hall–Kier alpha value is -2.97. The zero-order valence-corrected chi connectivity index (χ0v) is 18.0. The maximum atomic E-state index is 12.8. The summed E-state index contributed by atoms with van der Waals surface area (Å²) in [5.74, 6) is 0.885. The van der Waals surface area contributed by atoms with Crippen molar-refractivity contribution in [2.75, 3.05) is 25.3 Å². The highest BCUT2D eigenvalue weighted by Crippen LogP contribution is 2.30. The number of allylic oxidation sites excluding steroid dienone is 1. The van der Waals surface area contributed by atoms with Gasteiger partial charge in [0, 0.05) is 23.3 Å². The standard InChI is InChI=1S/C21H20ClN3O4S/c1-4-9-25-20(27)15-7-5-13(22)10-16(15)24-21(25)30-12-19(26)23-14-6-8-17(28-2)18(11-14)29-3/h4-8,10-11H,1,9,12H2,2-3H3,(H,23,26). The highest BCUT2D eigenvalue weighted by atomic mass is 35.5. The molecular weight excluding hydrogens is 426 g/mol. The summed E-state index contributed by atoms with van der Waals surface area (Å²) in [7, 11) is 3.06. The number of nitrogens with zero attached hydrogens (tertiary/aromatic N) is 2. The second-order valence-electron chi connectivity index (χ2n) is 6.17. The summed E-state index contributed by atoms with van der Waals surface area (Å²) in [5.41, 5.74) is 0.843. The van der Waals surface area contributed by atoms with Crippen LogP contribution in [0.15, 0.2) is 59.0 Å². The molecule has 30 heavy (non-hydrogen) atoms. The molecule has 0 aliphatic carbocycles. The fourth-order valence-corrected chi connectivity index (χ4v) is 3.79. The van der Waals surface area contributed by atoms with Gasteiger partial charge in [0.25, 0.3) is 5.56 Å². The molecule has 0 aliphatic rings. The van der Waals surface area contributed by atoms with Crippen LogP contribution < -0.4 is 20.3 Å². The zero-order valence-electron chi connectivity index (χ0n) is 16.5. The summed E-state index contributed by atoms with van der Waals surface area (Å²) in [6.07, 6.45) is 1.61. The molecule has 2 aromatic carbocycles. The topological polar surface area (TPSA) is 82.5 Å². The van der Waals surface area contributed by atoms with Gasteiger partial charge in [-0.1, -0.05) is 29.4 Å². The van der Waals surface area contributed by atoms with Crippen molar-refractivity contribution >= 4 is 45.9 Å². The lowest BCUT2D eigenvalue weighted by atomic mass is 10.2. The highest BCUT2D eigenvalue weighted by molar-refractivity contribution is 7.99. The number of carbonyl (C=O) groups is 1. The maximum Gasteiger partial charge on any atom is 0.262 e. The van der Waals surface area contributed by atoms with Gasteiger partial charge in [-0.25, -0.2) is 4.98 Å². The van der Waals surface area contributed by atoms with Gasteiger partial charge in [0.05, 0.1) is 30.9 Å². The van der Waals surface area contributed by atoms with Crippen LogP contribution in [0.25, 0.3) is 10.9 Å². The molecule has 1 aromatic heterocycles. The van der Waals surface area contributed by atoms with E-state index in [0.717, 1.165) is 11.8 Å². The number of methoxy groups -OCH3 is 2. The third kappa shape index (κ3) is 4.77. The number of halogens is 1. The van der Waals surface area contributed by atoms with E-state index in [4.69, 9.17) is 21.1 Å². The predicted octanol–water partition coefficient (Wildman–Crippen LogP) is 3.98. The molecule has 1 heterocycles. The lowest BCUT2D eigenvalue weighted by molar-refractivity contribution is -0.113. The number of thioether (sulfide) groups is 1. The van der Waals surface area contributed by atoms with E-state index >= 15 is 0 Å². The first-order valence-corrected chi connectivity index (χ1v) is 10.3. The summed E-state index contributed by atoms with van der Waals surface area (Å²) in [4.78, 5) is 29.8. The van der Waals surface area contributed by atoms with E-state index in [9.17, 15) is 9.59 Å². The summed E-state index contributed by atoms with van der Waals surface area (Å²) >= 11 is 7.19. The fourth-order valence-electron chi connectivity index (χ4n) is 2.82. The lowest BCUT2D eigenvalue weighted by Crippen LogP contribution is -2.23. The Morgan fingerprint density at radius 3 is 2.70 bits per heavy atom. The van der Waals surface area contributed by atoms with Crippen LogP contribution in [0.3, 0.4) is 0 Å². The average molecular weight is 446 g/mol. The van der Waals surface area contributed by atoms with Gasteiger partial charge in [-0.05, 0) is 30.3 Å². The van der Waals surface area contributed by atoms with E-state index in [1.807, 2.05) is 0 Å². The Morgan fingerprint density at radius 2 is 2.00 bits per heavy atom. The maximum absolute atomic E-state index is 12.8. The number of fused-ring (bicyclic) bond motifs is 1. The Balaban J connectivity index is 1.80. The fraction of sp³-hybridized carbons (Fsp3) is 0.190. The second-order valence-corrected chi connectivity index (χ2v) is 7.55. The van der Waals surface area contributed by atoms with E-state index in [-0.39, 0.29) is 23.8 Å². The monoisotopic (exact) mass is 445 g/mol.